The lowest BCUT2D eigenvalue weighted by Gasteiger charge is -2.25. The van der Waals surface area contributed by atoms with Crippen LogP contribution >= 0.6 is 0 Å². The summed E-state index contributed by atoms with van der Waals surface area (Å²) in [6.07, 6.45) is 3.39. The zero-order chi connectivity index (χ0) is 9.35. The molecular formula is C11H18O. The van der Waals surface area contributed by atoms with E-state index in [9.17, 15) is 4.79 Å². The maximum Gasteiger partial charge on any atom is 0.124 e. The number of rotatable bonds is 2. The average molecular weight is 166 g/mol. The van der Waals surface area contributed by atoms with E-state index in [-0.39, 0.29) is 11.3 Å². The summed E-state index contributed by atoms with van der Waals surface area (Å²) in [4.78, 5) is 10.9. The monoisotopic (exact) mass is 166 g/mol. The molecule has 0 heterocycles. The largest absolute Gasteiger partial charge is 0.303 e. The maximum atomic E-state index is 10.9. The first-order valence-electron chi connectivity index (χ1n) is 4.60. The number of carbonyl (C=O) groups excluding carboxylic acids is 1. The van der Waals surface area contributed by atoms with Crippen molar-refractivity contribution in [2.45, 2.75) is 33.6 Å². The van der Waals surface area contributed by atoms with Gasteiger partial charge in [-0.05, 0) is 31.1 Å². The van der Waals surface area contributed by atoms with Crippen LogP contribution in [0.2, 0.25) is 0 Å². The maximum absolute atomic E-state index is 10.9. The minimum absolute atomic E-state index is 0.186. The molecule has 1 nitrogen and oxygen atoms in total. The normalized spacial score (nSPS) is 33.2. The van der Waals surface area contributed by atoms with Gasteiger partial charge in [0, 0.05) is 5.92 Å². The predicted molar refractivity (Wildman–Crippen MR) is 50.9 cm³/mol. The van der Waals surface area contributed by atoms with Gasteiger partial charge in [-0.15, -0.1) is 0 Å². The zero-order valence-corrected chi connectivity index (χ0v) is 8.26. The van der Waals surface area contributed by atoms with Gasteiger partial charge in [-0.3, -0.25) is 0 Å². The van der Waals surface area contributed by atoms with Crippen molar-refractivity contribution in [3.8, 4) is 0 Å². The molecule has 0 aromatic carbocycles. The summed E-state index contributed by atoms with van der Waals surface area (Å²) in [7, 11) is 0. The van der Waals surface area contributed by atoms with E-state index < -0.39 is 0 Å². The van der Waals surface area contributed by atoms with Gasteiger partial charge in [0.25, 0.3) is 0 Å². The molecule has 0 saturated heterocycles. The lowest BCUT2D eigenvalue weighted by Crippen LogP contribution is -2.23. The van der Waals surface area contributed by atoms with Crippen LogP contribution in [0.25, 0.3) is 0 Å². The first kappa shape index (κ1) is 9.50. The lowest BCUT2D eigenvalue weighted by molar-refractivity contribution is -0.114. The topological polar surface area (TPSA) is 17.1 Å². The number of hydrogen-bond acceptors (Lipinski definition) is 1. The van der Waals surface area contributed by atoms with Crippen LogP contribution in [0.15, 0.2) is 12.2 Å². The summed E-state index contributed by atoms with van der Waals surface area (Å²) in [6.45, 7) is 10.3. The smallest absolute Gasteiger partial charge is 0.124 e. The Morgan fingerprint density at radius 1 is 1.58 bits per heavy atom. The molecule has 1 fully saturated rings. The molecule has 1 aliphatic carbocycles. The molecule has 0 aromatic rings. The van der Waals surface area contributed by atoms with Crippen LogP contribution in [-0.2, 0) is 4.79 Å². The molecule has 1 rings (SSSR count). The summed E-state index contributed by atoms with van der Waals surface area (Å²) in [5, 5.41) is 0. The Hall–Kier alpha value is -0.590. The second-order valence-electron chi connectivity index (χ2n) is 4.64. The molecule has 0 bridgehead atoms. The third kappa shape index (κ3) is 1.45. The van der Waals surface area contributed by atoms with Gasteiger partial charge < -0.3 is 4.79 Å². The molecular weight excluding hydrogens is 148 g/mol. The van der Waals surface area contributed by atoms with E-state index in [1.807, 2.05) is 6.92 Å². The van der Waals surface area contributed by atoms with E-state index in [1.165, 1.54) is 0 Å². The number of carbonyl (C=O) groups is 1. The number of aldehydes is 1. The van der Waals surface area contributed by atoms with Crippen molar-refractivity contribution in [3.63, 3.8) is 0 Å². The number of hydrogen-bond donors (Lipinski definition) is 0. The van der Waals surface area contributed by atoms with Crippen molar-refractivity contribution in [1.29, 1.82) is 0 Å². The molecule has 0 spiro atoms. The van der Waals surface area contributed by atoms with Crippen LogP contribution in [0.3, 0.4) is 0 Å². The van der Waals surface area contributed by atoms with Gasteiger partial charge in [0.2, 0.25) is 0 Å². The zero-order valence-electron chi connectivity index (χ0n) is 8.26. The van der Waals surface area contributed by atoms with Crippen molar-refractivity contribution in [2.75, 3.05) is 0 Å². The third-order valence-corrected chi connectivity index (χ3v) is 3.22. The Balaban J connectivity index is 2.83. The molecule has 1 saturated carbocycles. The van der Waals surface area contributed by atoms with Gasteiger partial charge in [-0.1, -0.05) is 26.0 Å². The second kappa shape index (κ2) is 3.04. The fourth-order valence-electron chi connectivity index (χ4n) is 2.25. The summed E-state index contributed by atoms with van der Waals surface area (Å²) < 4.78 is 0. The first-order chi connectivity index (χ1) is 5.49. The highest BCUT2D eigenvalue weighted by molar-refractivity contribution is 5.57. The Morgan fingerprint density at radius 2 is 2.17 bits per heavy atom. The van der Waals surface area contributed by atoms with E-state index in [0.717, 1.165) is 24.7 Å². The van der Waals surface area contributed by atoms with Crippen LogP contribution in [0, 0.1) is 17.3 Å². The number of allylic oxidation sites excluding steroid dienone is 1. The molecule has 0 amide bonds. The molecule has 1 aliphatic rings. The average Bonchev–Trinajstić information content (AvgIpc) is 2.24. The minimum atomic E-state index is 0.186. The molecule has 0 aliphatic heterocycles. The molecule has 0 radical (unpaired) electrons. The molecule has 2 atom stereocenters. The predicted octanol–water partition coefficient (Wildman–Crippen LogP) is 2.81. The SMILES string of the molecule is C=C(C)C1CCC(C)(C)C1C=O. The van der Waals surface area contributed by atoms with Crippen LogP contribution in [0.4, 0.5) is 0 Å². The highest BCUT2D eigenvalue weighted by Crippen LogP contribution is 2.47. The van der Waals surface area contributed by atoms with E-state index in [0.29, 0.717) is 5.92 Å². The van der Waals surface area contributed by atoms with Crippen LogP contribution in [-0.4, -0.2) is 6.29 Å². The van der Waals surface area contributed by atoms with E-state index in [4.69, 9.17) is 0 Å². The Morgan fingerprint density at radius 3 is 2.50 bits per heavy atom. The summed E-state index contributed by atoms with van der Waals surface area (Å²) in [5.41, 5.74) is 1.35. The van der Waals surface area contributed by atoms with Crippen molar-refractivity contribution >= 4 is 6.29 Å². The molecule has 12 heavy (non-hydrogen) atoms. The van der Waals surface area contributed by atoms with Gasteiger partial charge in [0.05, 0.1) is 0 Å². The van der Waals surface area contributed by atoms with Gasteiger partial charge in [-0.25, -0.2) is 0 Å². The van der Waals surface area contributed by atoms with E-state index in [1.54, 1.807) is 0 Å². The van der Waals surface area contributed by atoms with Gasteiger partial charge in [0.15, 0.2) is 0 Å². The standard InChI is InChI=1S/C11H18O/c1-8(2)9-5-6-11(3,4)10(9)7-12/h7,9-10H,1,5-6H2,2-4H3. The van der Waals surface area contributed by atoms with Crippen molar-refractivity contribution in [1.82, 2.24) is 0 Å². The van der Waals surface area contributed by atoms with Crippen LogP contribution < -0.4 is 0 Å². The van der Waals surface area contributed by atoms with Crippen LogP contribution in [0.5, 0.6) is 0 Å². The fraction of sp³-hybridized carbons (Fsp3) is 0.727. The summed E-state index contributed by atoms with van der Waals surface area (Å²) >= 11 is 0. The third-order valence-electron chi connectivity index (χ3n) is 3.22. The Bertz CT molecular complexity index is 203. The van der Waals surface area contributed by atoms with E-state index >= 15 is 0 Å². The summed E-state index contributed by atoms with van der Waals surface area (Å²) in [6, 6.07) is 0. The molecule has 1 heteroatoms. The summed E-state index contributed by atoms with van der Waals surface area (Å²) in [5.74, 6) is 0.618. The highest BCUT2D eigenvalue weighted by atomic mass is 16.1. The first-order valence-corrected chi connectivity index (χ1v) is 4.60. The van der Waals surface area contributed by atoms with Crippen LogP contribution in [0.1, 0.15) is 33.6 Å². The van der Waals surface area contributed by atoms with Gasteiger partial charge in [0.1, 0.15) is 6.29 Å². The quantitative estimate of drug-likeness (QED) is 0.455. The molecule has 0 N–H and O–H groups in total. The van der Waals surface area contributed by atoms with E-state index in [2.05, 4.69) is 20.4 Å². The fourth-order valence-corrected chi connectivity index (χ4v) is 2.25. The molecule has 68 valence electrons. The van der Waals surface area contributed by atoms with Gasteiger partial charge in [-0.2, -0.15) is 0 Å². The lowest BCUT2D eigenvalue weighted by atomic mass is 9.78. The Labute approximate surface area is 74.9 Å². The Kier molecular flexibility index (Phi) is 2.41. The minimum Gasteiger partial charge on any atom is -0.303 e. The molecule has 2 unspecified atom stereocenters. The van der Waals surface area contributed by atoms with Crippen molar-refractivity contribution in [3.05, 3.63) is 12.2 Å². The second-order valence-corrected chi connectivity index (χ2v) is 4.64. The molecule has 0 aromatic heterocycles. The van der Waals surface area contributed by atoms with Gasteiger partial charge >= 0.3 is 0 Å². The highest BCUT2D eigenvalue weighted by Gasteiger charge is 2.41. The van der Waals surface area contributed by atoms with Crippen molar-refractivity contribution < 1.29 is 4.79 Å². The van der Waals surface area contributed by atoms with Crippen molar-refractivity contribution in [2.24, 2.45) is 17.3 Å².